The molecule has 1 aromatic carbocycles. The summed E-state index contributed by atoms with van der Waals surface area (Å²) in [6, 6.07) is 2.90. The highest BCUT2D eigenvalue weighted by Crippen LogP contribution is 2.06. The molecule has 14 heteroatoms. The zero-order valence-corrected chi connectivity index (χ0v) is 19.1. The van der Waals surface area contributed by atoms with Crippen LogP contribution in [0.5, 0.6) is 0 Å². The standard InChI is InChI=1S/C22H28N6O8/c23-14(10-29)19(32)26-16(8-18(30)31)21(34)27-15(7-13-9-24-11-25-13)20(33)28-17(22(35)36)6-12-4-2-1-3-5-12/h1-5,9,11,14-17,29H,6-8,10,23H2,(H,24,25)(H,26,32)(H,27,34)(H,28,33)(H,30,31)(H,35,36). The van der Waals surface area contributed by atoms with Crippen LogP contribution in [0.4, 0.5) is 0 Å². The number of hydrogen-bond acceptors (Lipinski definition) is 8. The average Bonchev–Trinajstić information content (AvgIpc) is 3.35. The van der Waals surface area contributed by atoms with E-state index in [2.05, 4.69) is 25.9 Å². The van der Waals surface area contributed by atoms with Gasteiger partial charge in [-0.3, -0.25) is 19.2 Å². The number of hydrogen-bond donors (Lipinski definition) is 8. The van der Waals surface area contributed by atoms with Crippen LogP contribution in [0.15, 0.2) is 42.9 Å². The van der Waals surface area contributed by atoms with Crippen LogP contribution >= 0.6 is 0 Å². The molecule has 0 bridgehead atoms. The topological polar surface area (TPSA) is 237 Å². The van der Waals surface area contributed by atoms with Gasteiger partial charge in [0, 0.05) is 24.7 Å². The van der Waals surface area contributed by atoms with Crippen molar-refractivity contribution in [1.82, 2.24) is 25.9 Å². The van der Waals surface area contributed by atoms with Gasteiger partial charge in [0.15, 0.2) is 0 Å². The minimum absolute atomic E-state index is 0.0244. The molecule has 4 atom stereocenters. The molecule has 0 saturated heterocycles. The quantitative estimate of drug-likeness (QED) is 0.135. The molecule has 9 N–H and O–H groups in total. The number of aliphatic hydroxyl groups excluding tert-OH is 1. The summed E-state index contributed by atoms with van der Waals surface area (Å²) in [7, 11) is 0. The molecule has 4 unspecified atom stereocenters. The summed E-state index contributed by atoms with van der Waals surface area (Å²) in [5.41, 5.74) is 6.49. The molecular weight excluding hydrogens is 476 g/mol. The molecule has 14 nitrogen and oxygen atoms in total. The number of aromatic amines is 1. The van der Waals surface area contributed by atoms with E-state index in [1.807, 2.05) is 0 Å². The first-order valence-electron chi connectivity index (χ1n) is 10.8. The molecule has 0 fully saturated rings. The number of benzene rings is 1. The molecule has 2 aromatic rings. The molecule has 0 spiro atoms. The Hall–Kier alpha value is -4.30. The fourth-order valence-electron chi connectivity index (χ4n) is 3.17. The SMILES string of the molecule is NC(CO)C(=O)NC(CC(=O)O)C(=O)NC(Cc1cnc[nH]1)C(=O)NC(Cc1ccccc1)C(=O)O. The number of aliphatic hydroxyl groups is 1. The number of carbonyl (C=O) groups excluding carboxylic acids is 3. The van der Waals surface area contributed by atoms with Crippen molar-refractivity contribution in [3.8, 4) is 0 Å². The molecule has 0 aliphatic carbocycles. The summed E-state index contributed by atoms with van der Waals surface area (Å²) < 4.78 is 0. The van der Waals surface area contributed by atoms with Gasteiger partial charge in [0.05, 0.1) is 19.4 Å². The third kappa shape index (κ3) is 8.81. The van der Waals surface area contributed by atoms with E-state index in [0.717, 1.165) is 0 Å². The van der Waals surface area contributed by atoms with Crippen molar-refractivity contribution in [2.75, 3.05) is 6.61 Å². The summed E-state index contributed by atoms with van der Waals surface area (Å²) in [6.07, 6.45) is 1.73. The Bertz CT molecular complexity index is 1050. The maximum Gasteiger partial charge on any atom is 0.326 e. The van der Waals surface area contributed by atoms with Crippen molar-refractivity contribution in [2.45, 2.75) is 43.4 Å². The van der Waals surface area contributed by atoms with Crippen LogP contribution in [0, 0.1) is 0 Å². The van der Waals surface area contributed by atoms with Crippen molar-refractivity contribution in [3.05, 3.63) is 54.1 Å². The van der Waals surface area contributed by atoms with Gasteiger partial charge in [-0.2, -0.15) is 0 Å². The van der Waals surface area contributed by atoms with Crippen molar-refractivity contribution in [3.63, 3.8) is 0 Å². The summed E-state index contributed by atoms with van der Waals surface area (Å²) in [5.74, 6) is -5.56. The number of carbonyl (C=O) groups is 5. The van der Waals surface area contributed by atoms with Gasteiger partial charge in [0.2, 0.25) is 17.7 Å². The number of imidazole rings is 1. The van der Waals surface area contributed by atoms with Gasteiger partial charge in [-0.25, -0.2) is 9.78 Å². The number of nitrogens with two attached hydrogens (primary N) is 1. The number of carboxylic acids is 2. The number of carboxylic acid groups (broad SMARTS) is 2. The van der Waals surface area contributed by atoms with Gasteiger partial charge in [0.25, 0.3) is 0 Å². The highest BCUT2D eigenvalue weighted by molar-refractivity contribution is 5.95. The molecule has 1 heterocycles. The van der Waals surface area contributed by atoms with Crippen LogP contribution in [-0.2, 0) is 36.8 Å². The lowest BCUT2D eigenvalue weighted by Crippen LogP contribution is -2.58. The molecule has 0 aliphatic heterocycles. The lowest BCUT2D eigenvalue weighted by molar-refractivity contribution is -0.143. The number of rotatable bonds is 14. The first kappa shape index (κ1) is 27.9. The highest BCUT2D eigenvalue weighted by atomic mass is 16.4. The van der Waals surface area contributed by atoms with E-state index in [0.29, 0.717) is 11.3 Å². The molecule has 1 aromatic heterocycles. The zero-order chi connectivity index (χ0) is 26.7. The molecule has 0 saturated carbocycles. The van der Waals surface area contributed by atoms with Gasteiger partial charge >= 0.3 is 11.9 Å². The van der Waals surface area contributed by atoms with Crippen LogP contribution in [0.3, 0.4) is 0 Å². The summed E-state index contributed by atoms with van der Waals surface area (Å²) in [4.78, 5) is 67.5. The van der Waals surface area contributed by atoms with E-state index in [1.54, 1.807) is 30.3 Å². The predicted octanol–water partition coefficient (Wildman–Crippen LogP) is -2.47. The fourth-order valence-corrected chi connectivity index (χ4v) is 3.17. The monoisotopic (exact) mass is 504 g/mol. The Kier molecular flexibility index (Phi) is 10.5. The number of H-pyrrole nitrogens is 1. The number of amides is 3. The predicted molar refractivity (Wildman–Crippen MR) is 123 cm³/mol. The van der Waals surface area contributed by atoms with Crippen molar-refractivity contribution in [2.24, 2.45) is 5.73 Å². The van der Waals surface area contributed by atoms with Gasteiger partial charge in [-0.05, 0) is 5.56 Å². The minimum Gasteiger partial charge on any atom is -0.481 e. The normalized spacial score (nSPS) is 14.1. The maximum absolute atomic E-state index is 13.1. The second kappa shape index (κ2) is 13.6. The van der Waals surface area contributed by atoms with E-state index >= 15 is 0 Å². The number of aromatic nitrogens is 2. The Morgan fingerprint density at radius 2 is 1.50 bits per heavy atom. The van der Waals surface area contributed by atoms with E-state index in [4.69, 9.17) is 15.9 Å². The Morgan fingerprint density at radius 3 is 2.06 bits per heavy atom. The van der Waals surface area contributed by atoms with Crippen molar-refractivity contribution in [1.29, 1.82) is 0 Å². The van der Waals surface area contributed by atoms with Crippen LogP contribution in [0.2, 0.25) is 0 Å². The molecular formula is C22H28N6O8. The smallest absolute Gasteiger partial charge is 0.326 e. The van der Waals surface area contributed by atoms with Crippen LogP contribution in [0.25, 0.3) is 0 Å². The van der Waals surface area contributed by atoms with Crippen LogP contribution in [-0.4, -0.2) is 85.7 Å². The molecule has 0 radical (unpaired) electrons. The minimum atomic E-state index is -1.62. The molecule has 3 amide bonds. The Balaban J connectivity index is 2.21. The van der Waals surface area contributed by atoms with E-state index in [1.165, 1.54) is 12.5 Å². The Labute approximate surface area is 205 Å². The van der Waals surface area contributed by atoms with Gasteiger partial charge < -0.3 is 42.0 Å². The number of nitrogens with one attached hydrogen (secondary N) is 4. The highest BCUT2D eigenvalue weighted by Gasteiger charge is 2.31. The maximum atomic E-state index is 13.1. The fraction of sp³-hybridized carbons (Fsp3) is 0.364. The van der Waals surface area contributed by atoms with Crippen LogP contribution < -0.4 is 21.7 Å². The van der Waals surface area contributed by atoms with E-state index < -0.39 is 66.9 Å². The lowest BCUT2D eigenvalue weighted by Gasteiger charge is -2.24. The van der Waals surface area contributed by atoms with Crippen LogP contribution in [0.1, 0.15) is 17.7 Å². The average molecular weight is 505 g/mol. The van der Waals surface area contributed by atoms with E-state index in [9.17, 15) is 29.1 Å². The second-order valence-corrected chi connectivity index (χ2v) is 7.88. The number of nitrogens with zero attached hydrogens (tertiary/aromatic N) is 1. The van der Waals surface area contributed by atoms with Gasteiger partial charge in [-0.15, -0.1) is 0 Å². The second-order valence-electron chi connectivity index (χ2n) is 7.88. The van der Waals surface area contributed by atoms with Crippen molar-refractivity contribution >= 4 is 29.7 Å². The molecule has 194 valence electrons. The Morgan fingerprint density at radius 1 is 0.889 bits per heavy atom. The zero-order valence-electron chi connectivity index (χ0n) is 19.1. The summed E-state index contributed by atoms with van der Waals surface area (Å²) >= 11 is 0. The lowest BCUT2D eigenvalue weighted by atomic mass is 10.0. The summed E-state index contributed by atoms with van der Waals surface area (Å²) in [5, 5.41) is 34.6. The third-order valence-corrected chi connectivity index (χ3v) is 5.05. The molecule has 0 aliphatic rings. The van der Waals surface area contributed by atoms with Gasteiger partial charge in [0.1, 0.15) is 24.2 Å². The molecule has 36 heavy (non-hydrogen) atoms. The summed E-state index contributed by atoms with van der Waals surface area (Å²) in [6.45, 7) is -0.740. The van der Waals surface area contributed by atoms with Crippen molar-refractivity contribution < 1.29 is 39.3 Å². The largest absolute Gasteiger partial charge is 0.481 e. The first-order chi connectivity index (χ1) is 17.1. The van der Waals surface area contributed by atoms with Gasteiger partial charge in [-0.1, -0.05) is 30.3 Å². The number of aliphatic carboxylic acids is 2. The van der Waals surface area contributed by atoms with E-state index in [-0.39, 0.29) is 12.8 Å². The third-order valence-electron chi connectivity index (χ3n) is 5.05. The molecule has 2 rings (SSSR count). The first-order valence-corrected chi connectivity index (χ1v) is 10.8.